The van der Waals surface area contributed by atoms with Crippen molar-refractivity contribution >= 4 is 10.2 Å². The highest BCUT2D eigenvalue weighted by molar-refractivity contribution is 7.86. The molecule has 0 heterocycles. The summed E-state index contributed by atoms with van der Waals surface area (Å²) in [6.45, 7) is 2.33. The molecule has 0 saturated heterocycles. The first-order valence-corrected chi connectivity index (χ1v) is 5.17. The Morgan fingerprint density at radius 2 is 2.09 bits per heavy atom. The molecule has 0 saturated carbocycles. The summed E-state index contributed by atoms with van der Waals surface area (Å²) in [5.41, 5.74) is 5.30. The maximum atomic E-state index is 12.0. The molecular weight excluding hydrogens is 169 g/mol. The first kappa shape index (κ1) is 10.8. The molecule has 0 aromatic carbocycles. The van der Waals surface area contributed by atoms with Crippen LogP contribution < -0.4 is 5.73 Å². The summed E-state index contributed by atoms with van der Waals surface area (Å²) in [7, 11) is -4.29. The molecule has 0 aliphatic heterocycles. The minimum atomic E-state index is -4.29. The van der Waals surface area contributed by atoms with Crippen molar-refractivity contribution in [2.24, 2.45) is 11.7 Å². The third-order valence-electron chi connectivity index (χ3n) is 1.68. The van der Waals surface area contributed by atoms with Gasteiger partial charge in [0.15, 0.2) is 0 Å². The normalized spacial score (nSPS) is 14.8. The molecule has 0 fully saturated rings. The lowest BCUT2D eigenvalue weighted by molar-refractivity contribution is 0.489. The number of halogens is 1. The third kappa shape index (κ3) is 6.25. The lowest BCUT2D eigenvalue weighted by Crippen LogP contribution is -2.16. The molecule has 0 amide bonds. The second kappa shape index (κ2) is 4.66. The second-order valence-electron chi connectivity index (χ2n) is 2.54. The van der Waals surface area contributed by atoms with E-state index in [0.717, 1.165) is 6.42 Å². The first-order valence-electron chi connectivity index (χ1n) is 3.62. The third-order valence-corrected chi connectivity index (χ3v) is 2.40. The Kier molecular flexibility index (Phi) is 4.60. The molecule has 0 radical (unpaired) electrons. The van der Waals surface area contributed by atoms with Gasteiger partial charge in [-0.1, -0.05) is 13.3 Å². The maximum absolute atomic E-state index is 12.0. The molecule has 68 valence electrons. The van der Waals surface area contributed by atoms with Crippen LogP contribution in [0.1, 0.15) is 19.8 Å². The van der Waals surface area contributed by atoms with Gasteiger partial charge in [0.25, 0.3) is 0 Å². The van der Waals surface area contributed by atoms with Crippen LogP contribution in [0.4, 0.5) is 3.89 Å². The highest BCUT2D eigenvalue weighted by Crippen LogP contribution is 2.08. The Balaban J connectivity index is 3.69. The molecule has 0 rings (SSSR count). The fourth-order valence-electron chi connectivity index (χ4n) is 0.796. The predicted octanol–water partition coefficient (Wildman–Crippen LogP) is 0.661. The molecule has 11 heavy (non-hydrogen) atoms. The summed E-state index contributed by atoms with van der Waals surface area (Å²) in [5, 5.41) is 0. The van der Waals surface area contributed by atoms with E-state index in [1.807, 2.05) is 6.92 Å². The van der Waals surface area contributed by atoms with E-state index in [2.05, 4.69) is 0 Å². The molecule has 5 heteroatoms. The Morgan fingerprint density at radius 1 is 1.55 bits per heavy atom. The van der Waals surface area contributed by atoms with Crippen molar-refractivity contribution in [1.29, 1.82) is 0 Å². The van der Waals surface area contributed by atoms with Crippen LogP contribution in [0.15, 0.2) is 0 Å². The smallest absolute Gasteiger partial charge is 0.302 e. The molecule has 0 spiro atoms. The van der Waals surface area contributed by atoms with E-state index in [0.29, 0.717) is 13.0 Å². The Bertz CT molecular complexity index is 187. The number of rotatable bonds is 5. The summed E-state index contributed by atoms with van der Waals surface area (Å²) < 4.78 is 32.1. The predicted molar refractivity (Wildman–Crippen MR) is 42.3 cm³/mol. The van der Waals surface area contributed by atoms with Crippen LogP contribution in [0, 0.1) is 5.92 Å². The number of hydrogen-bond acceptors (Lipinski definition) is 3. The molecule has 0 aromatic heterocycles. The van der Waals surface area contributed by atoms with E-state index in [4.69, 9.17) is 5.73 Å². The van der Waals surface area contributed by atoms with Gasteiger partial charge in [0.2, 0.25) is 0 Å². The Morgan fingerprint density at radius 3 is 2.36 bits per heavy atom. The molecule has 1 unspecified atom stereocenters. The quantitative estimate of drug-likeness (QED) is 0.637. The zero-order valence-electron chi connectivity index (χ0n) is 6.59. The van der Waals surface area contributed by atoms with Crippen LogP contribution in [-0.4, -0.2) is 20.7 Å². The van der Waals surface area contributed by atoms with E-state index in [1.165, 1.54) is 0 Å². The fourth-order valence-corrected chi connectivity index (χ4v) is 1.41. The highest BCUT2D eigenvalue weighted by atomic mass is 32.3. The zero-order chi connectivity index (χ0) is 8.91. The number of nitrogens with two attached hydrogens (primary N) is 1. The van der Waals surface area contributed by atoms with Crippen LogP contribution in [-0.2, 0) is 10.2 Å². The average molecular weight is 183 g/mol. The van der Waals surface area contributed by atoms with Gasteiger partial charge in [-0.25, -0.2) is 0 Å². The zero-order valence-corrected chi connectivity index (χ0v) is 7.40. The largest absolute Gasteiger partial charge is 0.330 e. The molecule has 0 aromatic rings. The van der Waals surface area contributed by atoms with Crippen molar-refractivity contribution in [3.05, 3.63) is 0 Å². The minimum absolute atomic E-state index is 0.125. The van der Waals surface area contributed by atoms with Crippen LogP contribution in [0.2, 0.25) is 0 Å². The summed E-state index contributed by atoms with van der Waals surface area (Å²) in [5.74, 6) is -0.275. The van der Waals surface area contributed by atoms with Crippen molar-refractivity contribution in [3.63, 3.8) is 0 Å². The fraction of sp³-hybridized carbons (Fsp3) is 1.00. The van der Waals surface area contributed by atoms with Crippen molar-refractivity contribution < 1.29 is 12.3 Å². The molecule has 2 N–H and O–H groups in total. The van der Waals surface area contributed by atoms with Crippen LogP contribution >= 0.6 is 0 Å². The molecule has 0 bridgehead atoms. The lowest BCUT2D eigenvalue weighted by atomic mass is 10.0. The average Bonchev–Trinajstić information content (AvgIpc) is 1.88. The van der Waals surface area contributed by atoms with E-state index < -0.39 is 16.0 Å². The van der Waals surface area contributed by atoms with Crippen molar-refractivity contribution in [2.75, 3.05) is 12.3 Å². The SMILES string of the molecule is CCC(CN)CCS(=O)(=O)F. The van der Waals surface area contributed by atoms with E-state index in [1.54, 1.807) is 0 Å². The summed E-state index contributed by atoms with van der Waals surface area (Å²) in [6.07, 6.45) is 1.12. The van der Waals surface area contributed by atoms with Gasteiger partial charge in [-0.3, -0.25) is 0 Å². The summed E-state index contributed by atoms with van der Waals surface area (Å²) >= 11 is 0. The molecule has 0 aliphatic rings. The topological polar surface area (TPSA) is 60.2 Å². The van der Waals surface area contributed by atoms with Gasteiger partial charge in [0.05, 0.1) is 5.75 Å². The van der Waals surface area contributed by atoms with Gasteiger partial charge < -0.3 is 5.73 Å². The first-order chi connectivity index (χ1) is 4.99. The van der Waals surface area contributed by atoms with Crippen LogP contribution in [0.25, 0.3) is 0 Å². The highest BCUT2D eigenvalue weighted by Gasteiger charge is 2.11. The molecule has 0 aliphatic carbocycles. The van der Waals surface area contributed by atoms with Gasteiger partial charge in [0.1, 0.15) is 0 Å². The van der Waals surface area contributed by atoms with Gasteiger partial charge in [0, 0.05) is 0 Å². The summed E-state index contributed by atoms with van der Waals surface area (Å²) in [6, 6.07) is 0. The Hall–Kier alpha value is -0.160. The van der Waals surface area contributed by atoms with Crippen molar-refractivity contribution in [3.8, 4) is 0 Å². The van der Waals surface area contributed by atoms with Gasteiger partial charge in [-0.15, -0.1) is 3.89 Å². The monoisotopic (exact) mass is 183 g/mol. The standard InChI is InChI=1S/C6H14FNO2S/c1-2-6(5-8)3-4-11(7,9)10/h6H,2-5,8H2,1H3. The van der Waals surface area contributed by atoms with Crippen molar-refractivity contribution in [2.45, 2.75) is 19.8 Å². The molecule has 3 nitrogen and oxygen atoms in total. The Labute approximate surface area is 67.0 Å². The van der Waals surface area contributed by atoms with Crippen LogP contribution in [0.5, 0.6) is 0 Å². The number of hydrogen-bond donors (Lipinski definition) is 1. The van der Waals surface area contributed by atoms with Crippen LogP contribution in [0.3, 0.4) is 0 Å². The van der Waals surface area contributed by atoms with Gasteiger partial charge >= 0.3 is 10.2 Å². The van der Waals surface area contributed by atoms with E-state index >= 15 is 0 Å². The maximum Gasteiger partial charge on any atom is 0.302 e. The van der Waals surface area contributed by atoms with Gasteiger partial charge in [-0.05, 0) is 18.9 Å². The minimum Gasteiger partial charge on any atom is -0.330 e. The second-order valence-corrected chi connectivity index (χ2v) is 4.03. The van der Waals surface area contributed by atoms with E-state index in [-0.39, 0.29) is 5.92 Å². The van der Waals surface area contributed by atoms with Crippen molar-refractivity contribution in [1.82, 2.24) is 0 Å². The molecule has 1 atom stereocenters. The van der Waals surface area contributed by atoms with Gasteiger partial charge in [-0.2, -0.15) is 8.42 Å². The summed E-state index contributed by atoms with van der Waals surface area (Å²) in [4.78, 5) is 0. The lowest BCUT2D eigenvalue weighted by Gasteiger charge is -2.08. The van der Waals surface area contributed by atoms with E-state index in [9.17, 15) is 12.3 Å². The molecular formula is C6H14FNO2S.